The molecule has 3 aromatic carbocycles. The molecule has 5 rings (SSSR count). The number of ether oxygens (including phenoxy) is 1. The third-order valence-corrected chi connectivity index (χ3v) is 6.55. The maximum atomic E-state index is 11.0. The van der Waals surface area contributed by atoms with Crippen molar-refractivity contribution in [3.05, 3.63) is 83.6 Å². The maximum absolute atomic E-state index is 11.0. The standard InChI is InChI=1S/C28H31N3O2/c1-19-14-25(23-18-30-31(26(23)15-19)21-9-5-4-6-10-21)29-17-22(32)16-28(2,3)24-11-7-8-20-12-13-33-27(20)24/h4-11,14-15,18,22,29,32H,12-13,16-17H2,1-3H3/t22-/m1/s1. The van der Waals surface area contributed by atoms with Gasteiger partial charge >= 0.3 is 0 Å². The number of aromatic nitrogens is 2. The van der Waals surface area contributed by atoms with Crippen molar-refractivity contribution in [1.29, 1.82) is 0 Å². The molecule has 0 saturated heterocycles. The SMILES string of the molecule is Cc1cc(NC[C@H](O)CC(C)(C)c2cccc3c2OCC3)c2cnn(-c3ccccc3)c2c1. The van der Waals surface area contributed by atoms with Crippen LogP contribution in [0.1, 0.15) is 37.0 Å². The lowest BCUT2D eigenvalue weighted by Gasteiger charge is -2.29. The van der Waals surface area contributed by atoms with Gasteiger partial charge in [-0.05, 0) is 54.2 Å². The second kappa shape index (κ2) is 8.56. The Morgan fingerprint density at radius 2 is 1.94 bits per heavy atom. The third-order valence-electron chi connectivity index (χ3n) is 6.55. The Kier molecular flexibility index (Phi) is 5.59. The number of nitrogens with one attached hydrogen (secondary N) is 1. The second-order valence-corrected chi connectivity index (χ2v) is 9.65. The van der Waals surface area contributed by atoms with E-state index in [9.17, 15) is 5.11 Å². The first-order chi connectivity index (χ1) is 15.9. The molecule has 1 atom stereocenters. The molecule has 2 N–H and O–H groups in total. The largest absolute Gasteiger partial charge is 0.493 e. The predicted molar refractivity (Wildman–Crippen MR) is 134 cm³/mol. The molecule has 0 amide bonds. The Morgan fingerprint density at radius 3 is 2.76 bits per heavy atom. The van der Waals surface area contributed by atoms with E-state index in [4.69, 9.17) is 4.74 Å². The lowest BCUT2D eigenvalue weighted by Crippen LogP contribution is -2.29. The molecule has 0 aliphatic carbocycles. The molecule has 1 aliphatic rings. The van der Waals surface area contributed by atoms with Crippen LogP contribution in [0.4, 0.5) is 5.69 Å². The molecule has 0 saturated carbocycles. The highest BCUT2D eigenvalue weighted by atomic mass is 16.5. The van der Waals surface area contributed by atoms with Crippen molar-refractivity contribution >= 4 is 16.6 Å². The van der Waals surface area contributed by atoms with Crippen LogP contribution in [0, 0.1) is 6.92 Å². The smallest absolute Gasteiger partial charge is 0.126 e. The molecule has 170 valence electrons. The average Bonchev–Trinajstić information content (AvgIpc) is 3.44. The van der Waals surface area contributed by atoms with Crippen LogP contribution < -0.4 is 10.1 Å². The van der Waals surface area contributed by atoms with Crippen molar-refractivity contribution in [1.82, 2.24) is 9.78 Å². The molecular formula is C28H31N3O2. The molecular weight excluding hydrogens is 410 g/mol. The van der Waals surface area contributed by atoms with Gasteiger partial charge in [-0.15, -0.1) is 0 Å². The molecule has 0 unspecified atom stereocenters. The first-order valence-corrected chi connectivity index (χ1v) is 11.6. The van der Waals surface area contributed by atoms with E-state index in [0.29, 0.717) is 13.0 Å². The Bertz CT molecular complexity index is 1280. The van der Waals surface area contributed by atoms with Gasteiger partial charge in [-0.1, -0.05) is 50.2 Å². The molecule has 33 heavy (non-hydrogen) atoms. The van der Waals surface area contributed by atoms with Crippen molar-refractivity contribution < 1.29 is 9.84 Å². The molecule has 0 bridgehead atoms. The Morgan fingerprint density at radius 1 is 1.12 bits per heavy atom. The van der Waals surface area contributed by atoms with Crippen LogP contribution >= 0.6 is 0 Å². The van der Waals surface area contributed by atoms with Gasteiger partial charge in [0, 0.05) is 29.6 Å². The van der Waals surface area contributed by atoms with E-state index in [1.165, 1.54) is 11.1 Å². The van der Waals surface area contributed by atoms with E-state index in [1.807, 2.05) is 29.1 Å². The quantitative estimate of drug-likeness (QED) is 0.403. The van der Waals surface area contributed by atoms with Crippen molar-refractivity contribution in [3.8, 4) is 11.4 Å². The summed E-state index contributed by atoms with van der Waals surface area (Å²) in [6.07, 6.45) is 2.99. The molecule has 0 spiro atoms. The molecule has 4 aromatic rings. The minimum atomic E-state index is -0.503. The van der Waals surface area contributed by atoms with E-state index in [0.717, 1.165) is 46.6 Å². The minimum Gasteiger partial charge on any atom is -0.493 e. The minimum absolute atomic E-state index is 0.198. The molecule has 2 heterocycles. The number of nitrogens with zero attached hydrogens (tertiary/aromatic N) is 2. The number of para-hydroxylation sites is 2. The van der Waals surface area contributed by atoms with Crippen LogP contribution in [-0.2, 0) is 11.8 Å². The summed E-state index contributed by atoms with van der Waals surface area (Å²) in [4.78, 5) is 0. The Labute approximate surface area is 195 Å². The van der Waals surface area contributed by atoms with Crippen molar-refractivity contribution in [2.24, 2.45) is 0 Å². The third kappa shape index (κ3) is 4.21. The number of fused-ring (bicyclic) bond motifs is 2. The van der Waals surface area contributed by atoms with Gasteiger partial charge in [0.15, 0.2) is 0 Å². The topological polar surface area (TPSA) is 59.3 Å². The normalized spacial score (nSPS) is 14.2. The molecule has 0 radical (unpaired) electrons. The fraction of sp³-hybridized carbons (Fsp3) is 0.321. The summed E-state index contributed by atoms with van der Waals surface area (Å²) >= 11 is 0. The Balaban J connectivity index is 1.34. The fourth-order valence-corrected chi connectivity index (χ4v) is 4.94. The van der Waals surface area contributed by atoms with E-state index in [1.54, 1.807) is 0 Å². The van der Waals surface area contributed by atoms with Crippen molar-refractivity contribution in [3.63, 3.8) is 0 Å². The monoisotopic (exact) mass is 441 g/mol. The number of benzene rings is 3. The predicted octanol–water partition coefficient (Wildman–Crippen LogP) is 5.41. The van der Waals surface area contributed by atoms with Crippen LogP contribution in [0.2, 0.25) is 0 Å². The van der Waals surface area contributed by atoms with Crippen LogP contribution in [0.15, 0.2) is 66.9 Å². The first-order valence-electron chi connectivity index (χ1n) is 11.6. The zero-order valence-electron chi connectivity index (χ0n) is 19.5. The lowest BCUT2D eigenvalue weighted by atomic mass is 9.78. The molecule has 0 fully saturated rings. The van der Waals surface area contributed by atoms with E-state index in [2.05, 4.69) is 73.7 Å². The number of anilines is 1. The summed E-state index contributed by atoms with van der Waals surface area (Å²) in [5.41, 5.74) is 6.47. The number of aliphatic hydroxyl groups excluding tert-OH is 1. The second-order valence-electron chi connectivity index (χ2n) is 9.65. The van der Waals surface area contributed by atoms with Gasteiger partial charge in [0.2, 0.25) is 0 Å². The number of hydrogen-bond acceptors (Lipinski definition) is 4. The van der Waals surface area contributed by atoms with Gasteiger partial charge in [-0.3, -0.25) is 0 Å². The summed E-state index contributed by atoms with van der Waals surface area (Å²) < 4.78 is 7.88. The lowest BCUT2D eigenvalue weighted by molar-refractivity contribution is 0.149. The van der Waals surface area contributed by atoms with Gasteiger partial charge in [0.05, 0.1) is 30.1 Å². The summed E-state index contributed by atoms with van der Waals surface area (Å²) in [6, 6.07) is 20.8. The average molecular weight is 442 g/mol. The van der Waals surface area contributed by atoms with Gasteiger partial charge < -0.3 is 15.2 Å². The number of rotatable bonds is 7. The van der Waals surface area contributed by atoms with Crippen LogP contribution in [0.5, 0.6) is 5.75 Å². The van der Waals surface area contributed by atoms with E-state index >= 15 is 0 Å². The van der Waals surface area contributed by atoms with E-state index < -0.39 is 6.10 Å². The zero-order valence-corrected chi connectivity index (χ0v) is 19.5. The van der Waals surface area contributed by atoms with Gasteiger partial charge in [-0.25, -0.2) is 4.68 Å². The summed E-state index contributed by atoms with van der Waals surface area (Å²) in [7, 11) is 0. The highest BCUT2D eigenvalue weighted by molar-refractivity contribution is 5.93. The molecule has 1 aromatic heterocycles. The van der Waals surface area contributed by atoms with Gasteiger partial charge in [0.1, 0.15) is 5.75 Å². The summed E-state index contributed by atoms with van der Waals surface area (Å²) in [6.45, 7) is 7.66. The maximum Gasteiger partial charge on any atom is 0.126 e. The van der Waals surface area contributed by atoms with Crippen LogP contribution in [0.3, 0.4) is 0 Å². The summed E-state index contributed by atoms with van der Waals surface area (Å²) in [5, 5.41) is 20.1. The molecule has 5 heteroatoms. The summed E-state index contributed by atoms with van der Waals surface area (Å²) in [5.74, 6) is 1.01. The number of aliphatic hydroxyl groups is 1. The zero-order chi connectivity index (χ0) is 23.0. The van der Waals surface area contributed by atoms with Gasteiger partial charge in [-0.2, -0.15) is 5.10 Å². The highest BCUT2D eigenvalue weighted by Crippen LogP contribution is 2.40. The molecule has 1 aliphatic heterocycles. The van der Waals surface area contributed by atoms with E-state index in [-0.39, 0.29) is 5.41 Å². The van der Waals surface area contributed by atoms with Crippen LogP contribution in [-0.4, -0.2) is 34.1 Å². The molecule has 5 nitrogen and oxygen atoms in total. The number of aryl methyl sites for hydroxylation is 1. The first kappa shape index (κ1) is 21.5. The Hall–Kier alpha value is -3.31. The van der Waals surface area contributed by atoms with Crippen LogP contribution in [0.25, 0.3) is 16.6 Å². The van der Waals surface area contributed by atoms with Crippen molar-refractivity contribution in [2.75, 3.05) is 18.5 Å². The van der Waals surface area contributed by atoms with Crippen molar-refractivity contribution in [2.45, 2.75) is 45.1 Å². The fourth-order valence-electron chi connectivity index (χ4n) is 4.94. The highest BCUT2D eigenvalue weighted by Gasteiger charge is 2.30. The number of hydrogen-bond donors (Lipinski definition) is 2. The van der Waals surface area contributed by atoms with Gasteiger partial charge in [0.25, 0.3) is 0 Å².